The van der Waals surface area contributed by atoms with E-state index in [9.17, 15) is 4.79 Å². The Morgan fingerprint density at radius 3 is 2.82 bits per heavy atom. The van der Waals surface area contributed by atoms with Crippen LogP contribution in [0.5, 0.6) is 0 Å². The molecule has 1 fully saturated rings. The van der Waals surface area contributed by atoms with Crippen LogP contribution in [0.1, 0.15) is 11.1 Å². The van der Waals surface area contributed by atoms with E-state index in [0.29, 0.717) is 19.7 Å². The highest BCUT2D eigenvalue weighted by atomic mass is 32.2. The summed E-state index contributed by atoms with van der Waals surface area (Å²) in [5.41, 5.74) is 4.12. The number of amides is 2. The summed E-state index contributed by atoms with van der Waals surface area (Å²) in [4.78, 5) is 21.2. The SMILES string of the molecule is COCCN(Cc1cccnc1)C(=O)Nc1ccc(N2CCSCC2)cc1C. The molecule has 0 bridgehead atoms. The van der Waals surface area contributed by atoms with E-state index in [0.717, 1.165) is 29.9 Å². The van der Waals surface area contributed by atoms with Crippen LogP contribution >= 0.6 is 11.8 Å². The number of carbonyl (C=O) groups is 1. The molecule has 1 saturated heterocycles. The van der Waals surface area contributed by atoms with E-state index in [1.54, 1.807) is 24.4 Å². The molecule has 7 heteroatoms. The molecule has 1 aromatic carbocycles. The normalized spacial score (nSPS) is 14.0. The second kappa shape index (κ2) is 10.3. The van der Waals surface area contributed by atoms with Gasteiger partial charge < -0.3 is 19.9 Å². The Hall–Kier alpha value is -2.25. The Morgan fingerprint density at radius 2 is 2.14 bits per heavy atom. The highest BCUT2D eigenvalue weighted by Gasteiger charge is 2.16. The van der Waals surface area contributed by atoms with Crippen LogP contribution < -0.4 is 10.2 Å². The lowest BCUT2D eigenvalue weighted by molar-refractivity contribution is 0.152. The molecule has 1 aliphatic rings. The average Bonchev–Trinajstić information content (AvgIpc) is 2.74. The number of rotatable bonds is 7. The molecular formula is C21H28N4O2S. The van der Waals surface area contributed by atoms with Gasteiger partial charge in [0, 0.05) is 68.6 Å². The molecule has 1 aliphatic heterocycles. The predicted molar refractivity (Wildman–Crippen MR) is 116 cm³/mol. The number of carbonyl (C=O) groups excluding carboxylic acids is 1. The monoisotopic (exact) mass is 400 g/mol. The van der Waals surface area contributed by atoms with Crippen molar-refractivity contribution in [1.82, 2.24) is 9.88 Å². The molecule has 3 rings (SSSR count). The number of ether oxygens (including phenoxy) is 1. The highest BCUT2D eigenvalue weighted by Crippen LogP contribution is 2.25. The lowest BCUT2D eigenvalue weighted by Gasteiger charge is -2.29. The van der Waals surface area contributed by atoms with Crippen molar-refractivity contribution >= 4 is 29.2 Å². The quantitative estimate of drug-likeness (QED) is 0.769. The lowest BCUT2D eigenvalue weighted by atomic mass is 10.1. The van der Waals surface area contributed by atoms with E-state index in [2.05, 4.69) is 27.3 Å². The number of pyridine rings is 1. The number of nitrogens with one attached hydrogen (secondary N) is 1. The maximum atomic E-state index is 12.9. The summed E-state index contributed by atoms with van der Waals surface area (Å²) in [5, 5.41) is 3.06. The van der Waals surface area contributed by atoms with Gasteiger partial charge in [0.15, 0.2) is 0 Å². The zero-order valence-electron chi connectivity index (χ0n) is 16.6. The second-order valence-corrected chi connectivity index (χ2v) is 8.03. The largest absolute Gasteiger partial charge is 0.383 e. The zero-order chi connectivity index (χ0) is 19.8. The van der Waals surface area contributed by atoms with Crippen LogP contribution in [0.3, 0.4) is 0 Å². The minimum Gasteiger partial charge on any atom is -0.383 e. The van der Waals surface area contributed by atoms with Crippen LogP contribution in [0.2, 0.25) is 0 Å². The number of aryl methyl sites for hydroxylation is 1. The van der Waals surface area contributed by atoms with Crippen molar-refractivity contribution in [3.63, 3.8) is 0 Å². The third kappa shape index (κ3) is 5.62. The molecule has 0 unspecified atom stereocenters. The third-order valence-corrected chi connectivity index (χ3v) is 5.72. The first-order chi connectivity index (χ1) is 13.7. The summed E-state index contributed by atoms with van der Waals surface area (Å²) in [7, 11) is 1.64. The zero-order valence-corrected chi connectivity index (χ0v) is 17.4. The van der Waals surface area contributed by atoms with Gasteiger partial charge in [0.1, 0.15) is 0 Å². The molecule has 2 aromatic rings. The number of anilines is 2. The van der Waals surface area contributed by atoms with E-state index in [1.165, 1.54) is 17.2 Å². The Balaban J connectivity index is 1.67. The molecule has 0 atom stereocenters. The molecule has 0 saturated carbocycles. The summed E-state index contributed by atoms with van der Waals surface area (Å²) in [6.45, 7) is 5.68. The van der Waals surface area contributed by atoms with E-state index >= 15 is 0 Å². The third-order valence-electron chi connectivity index (χ3n) is 4.78. The molecule has 0 aliphatic carbocycles. The van der Waals surface area contributed by atoms with Crippen molar-refractivity contribution in [3.05, 3.63) is 53.9 Å². The van der Waals surface area contributed by atoms with Gasteiger partial charge in [-0.2, -0.15) is 11.8 Å². The number of thioether (sulfide) groups is 1. The number of hydrogen-bond acceptors (Lipinski definition) is 5. The van der Waals surface area contributed by atoms with Gasteiger partial charge in [0.25, 0.3) is 0 Å². The summed E-state index contributed by atoms with van der Waals surface area (Å²) >= 11 is 2.00. The smallest absolute Gasteiger partial charge is 0.322 e. The van der Waals surface area contributed by atoms with E-state index < -0.39 is 0 Å². The van der Waals surface area contributed by atoms with Gasteiger partial charge >= 0.3 is 6.03 Å². The molecular weight excluding hydrogens is 372 g/mol. The van der Waals surface area contributed by atoms with Gasteiger partial charge in [0.05, 0.1) is 6.61 Å². The summed E-state index contributed by atoms with van der Waals surface area (Å²) < 4.78 is 5.17. The van der Waals surface area contributed by atoms with Gasteiger partial charge in [-0.05, 0) is 42.3 Å². The Morgan fingerprint density at radius 1 is 1.32 bits per heavy atom. The number of nitrogens with zero attached hydrogens (tertiary/aromatic N) is 3. The van der Waals surface area contributed by atoms with E-state index in [4.69, 9.17) is 4.74 Å². The predicted octanol–water partition coefficient (Wildman–Crippen LogP) is 3.62. The topological polar surface area (TPSA) is 57.7 Å². The minimum atomic E-state index is -0.133. The molecule has 2 heterocycles. The average molecular weight is 401 g/mol. The molecule has 1 N–H and O–H groups in total. The van der Waals surface area contributed by atoms with Gasteiger partial charge in [0.2, 0.25) is 0 Å². The first-order valence-electron chi connectivity index (χ1n) is 9.54. The van der Waals surface area contributed by atoms with Crippen molar-refractivity contribution in [3.8, 4) is 0 Å². The van der Waals surface area contributed by atoms with Crippen LogP contribution in [0, 0.1) is 6.92 Å². The fourth-order valence-electron chi connectivity index (χ4n) is 3.17. The van der Waals surface area contributed by atoms with Crippen LogP contribution in [0.4, 0.5) is 16.2 Å². The lowest BCUT2D eigenvalue weighted by Crippen LogP contribution is -2.37. The van der Waals surface area contributed by atoms with Gasteiger partial charge in [-0.25, -0.2) is 4.79 Å². The fraction of sp³-hybridized carbons (Fsp3) is 0.429. The van der Waals surface area contributed by atoms with Crippen molar-refractivity contribution in [2.75, 3.05) is 55.1 Å². The van der Waals surface area contributed by atoms with Gasteiger partial charge in [-0.1, -0.05) is 6.07 Å². The molecule has 150 valence electrons. The highest BCUT2D eigenvalue weighted by molar-refractivity contribution is 7.99. The van der Waals surface area contributed by atoms with Crippen LogP contribution in [-0.2, 0) is 11.3 Å². The van der Waals surface area contributed by atoms with Gasteiger partial charge in [-0.15, -0.1) is 0 Å². The van der Waals surface area contributed by atoms with Crippen molar-refractivity contribution in [2.24, 2.45) is 0 Å². The Bertz CT molecular complexity index is 766. The van der Waals surface area contributed by atoms with Crippen LogP contribution in [-0.4, -0.2) is 60.8 Å². The molecule has 28 heavy (non-hydrogen) atoms. The minimum absolute atomic E-state index is 0.133. The number of methoxy groups -OCH3 is 1. The van der Waals surface area contributed by atoms with Crippen LogP contribution in [0.25, 0.3) is 0 Å². The van der Waals surface area contributed by atoms with Crippen molar-refractivity contribution < 1.29 is 9.53 Å². The molecule has 6 nitrogen and oxygen atoms in total. The second-order valence-electron chi connectivity index (χ2n) is 6.80. The molecule has 2 amide bonds. The Kier molecular flexibility index (Phi) is 7.56. The van der Waals surface area contributed by atoms with Crippen molar-refractivity contribution in [1.29, 1.82) is 0 Å². The molecule has 0 radical (unpaired) electrons. The maximum absolute atomic E-state index is 12.9. The standard InChI is InChI=1S/C21H28N4O2S/c1-17-14-19(24-9-12-28-13-10-24)5-6-20(17)23-21(26)25(8-11-27-2)16-18-4-3-7-22-15-18/h3-7,14-15H,8-13,16H2,1-2H3,(H,23,26). The summed E-state index contributed by atoms with van der Waals surface area (Å²) in [5.74, 6) is 2.33. The summed E-state index contributed by atoms with van der Waals surface area (Å²) in [6.07, 6.45) is 3.51. The number of urea groups is 1. The fourth-order valence-corrected chi connectivity index (χ4v) is 4.07. The number of aromatic nitrogens is 1. The van der Waals surface area contributed by atoms with E-state index in [1.807, 2.05) is 36.9 Å². The summed E-state index contributed by atoms with van der Waals surface area (Å²) in [6, 6.07) is 9.97. The molecule has 0 spiro atoms. The van der Waals surface area contributed by atoms with Crippen LogP contribution in [0.15, 0.2) is 42.7 Å². The maximum Gasteiger partial charge on any atom is 0.322 e. The number of benzene rings is 1. The first-order valence-corrected chi connectivity index (χ1v) is 10.7. The molecule has 1 aromatic heterocycles. The Labute approximate surface area is 171 Å². The first kappa shape index (κ1) is 20.5. The van der Waals surface area contributed by atoms with Gasteiger partial charge in [-0.3, -0.25) is 4.98 Å². The van der Waals surface area contributed by atoms with E-state index in [-0.39, 0.29) is 6.03 Å². The van der Waals surface area contributed by atoms with Crippen molar-refractivity contribution in [2.45, 2.75) is 13.5 Å². The number of hydrogen-bond donors (Lipinski definition) is 1.